The number of aromatic nitrogens is 4. The van der Waals surface area contributed by atoms with Crippen LogP contribution in [0.4, 0.5) is 0 Å². The third-order valence-electron chi connectivity index (χ3n) is 4.63. The predicted octanol–water partition coefficient (Wildman–Crippen LogP) is 3.46. The van der Waals surface area contributed by atoms with Crippen LogP contribution in [0.3, 0.4) is 0 Å². The summed E-state index contributed by atoms with van der Waals surface area (Å²) < 4.78 is 32.3. The number of nitrogens with one attached hydrogen (secondary N) is 1. The third kappa shape index (κ3) is 2.68. The molecule has 3 aromatic heterocycles. The van der Waals surface area contributed by atoms with Crippen molar-refractivity contribution in [3.05, 3.63) is 42.9 Å². The number of sulfone groups is 1. The zero-order valence-electron chi connectivity index (χ0n) is 15.5. The van der Waals surface area contributed by atoms with Gasteiger partial charge in [0, 0.05) is 23.2 Å². The van der Waals surface area contributed by atoms with E-state index in [9.17, 15) is 8.42 Å². The number of H-pyrrole nitrogens is 1. The molecule has 140 valence electrons. The molecule has 0 saturated heterocycles. The maximum atomic E-state index is 13.1. The molecular weight excluding hydrogens is 364 g/mol. The number of ether oxygens (including phenoxy) is 1. The van der Waals surface area contributed by atoms with E-state index in [-0.39, 0.29) is 4.90 Å². The second kappa shape index (κ2) is 5.82. The molecule has 0 bridgehead atoms. The highest BCUT2D eigenvalue weighted by Crippen LogP contribution is 2.34. The second-order valence-corrected chi connectivity index (χ2v) is 10.0. The van der Waals surface area contributed by atoms with Crippen molar-refractivity contribution in [3.8, 4) is 17.0 Å². The molecule has 1 N–H and O–H groups in total. The van der Waals surface area contributed by atoms with Gasteiger partial charge in [0.1, 0.15) is 16.3 Å². The first-order valence-corrected chi connectivity index (χ1v) is 9.94. The number of aromatic amines is 1. The Kier molecular flexibility index (Phi) is 3.78. The highest BCUT2D eigenvalue weighted by molar-refractivity contribution is 7.92. The summed E-state index contributed by atoms with van der Waals surface area (Å²) in [5, 5.41) is 7.99. The van der Waals surface area contributed by atoms with Crippen molar-refractivity contribution in [1.82, 2.24) is 19.6 Å². The summed E-state index contributed by atoms with van der Waals surface area (Å²) in [6.07, 6.45) is 5.07. The molecule has 0 aliphatic heterocycles. The van der Waals surface area contributed by atoms with Crippen LogP contribution in [-0.4, -0.2) is 39.9 Å². The van der Waals surface area contributed by atoms with E-state index in [2.05, 4.69) is 15.2 Å². The summed E-state index contributed by atoms with van der Waals surface area (Å²) in [5.74, 6) is 0.290. The fourth-order valence-corrected chi connectivity index (χ4v) is 4.30. The lowest BCUT2D eigenvalue weighted by atomic mass is 10.1. The van der Waals surface area contributed by atoms with Crippen molar-refractivity contribution in [2.24, 2.45) is 0 Å². The van der Waals surface area contributed by atoms with Crippen molar-refractivity contribution in [2.45, 2.75) is 30.4 Å². The van der Waals surface area contributed by atoms with E-state index in [1.54, 1.807) is 49.8 Å². The number of methoxy groups -OCH3 is 1. The minimum Gasteiger partial charge on any atom is -0.495 e. The van der Waals surface area contributed by atoms with Gasteiger partial charge in [0.2, 0.25) is 0 Å². The molecule has 27 heavy (non-hydrogen) atoms. The zero-order valence-corrected chi connectivity index (χ0v) is 16.3. The molecular formula is C19H20N4O3S. The van der Waals surface area contributed by atoms with Gasteiger partial charge in [-0.15, -0.1) is 0 Å². The Balaban J connectivity index is 1.98. The molecule has 1 aromatic carbocycles. The van der Waals surface area contributed by atoms with E-state index in [0.717, 1.165) is 22.2 Å². The van der Waals surface area contributed by atoms with Crippen LogP contribution >= 0.6 is 0 Å². The zero-order chi connectivity index (χ0) is 19.4. The molecule has 0 radical (unpaired) electrons. The van der Waals surface area contributed by atoms with Crippen LogP contribution in [0.25, 0.3) is 27.8 Å². The standard InChI is InChI=1S/C19H20N4O3S/c1-19(2,3)27(24,25)17-11-23-15(10-20-18(23)8-16(17)26-4)12-5-6-13-9-21-22-14(13)7-12/h5-11H,1-4H3,(H,21,22). The van der Waals surface area contributed by atoms with Crippen molar-refractivity contribution < 1.29 is 13.2 Å². The number of fused-ring (bicyclic) bond motifs is 2. The smallest absolute Gasteiger partial charge is 0.188 e. The van der Waals surface area contributed by atoms with Crippen LogP contribution in [0.1, 0.15) is 20.8 Å². The van der Waals surface area contributed by atoms with Gasteiger partial charge in [-0.05, 0) is 26.8 Å². The van der Waals surface area contributed by atoms with Crippen LogP contribution in [0.2, 0.25) is 0 Å². The minimum atomic E-state index is -3.60. The maximum absolute atomic E-state index is 13.1. The monoisotopic (exact) mass is 384 g/mol. The minimum absolute atomic E-state index is 0.145. The highest BCUT2D eigenvalue weighted by atomic mass is 32.2. The Morgan fingerprint density at radius 1 is 1.15 bits per heavy atom. The van der Waals surface area contributed by atoms with Gasteiger partial charge in [0.15, 0.2) is 9.84 Å². The molecule has 0 spiro atoms. The topological polar surface area (TPSA) is 89.3 Å². The molecule has 0 amide bonds. The Hall–Kier alpha value is -2.87. The van der Waals surface area contributed by atoms with E-state index in [0.29, 0.717) is 11.4 Å². The molecule has 7 nitrogen and oxygen atoms in total. The SMILES string of the molecule is COc1cc2ncc(-c3ccc4cn[nH]c4c3)n2cc1S(=O)(=O)C(C)(C)C. The fraction of sp³-hybridized carbons (Fsp3) is 0.263. The van der Waals surface area contributed by atoms with Gasteiger partial charge >= 0.3 is 0 Å². The molecule has 0 fully saturated rings. The fourth-order valence-electron chi connectivity index (χ4n) is 2.99. The first-order chi connectivity index (χ1) is 12.7. The largest absolute Gasteiger partial charge is 0.495 e. The van der Waals surface area contributed by atoms with Crippen LogP contribution in [0.15, 0.2) is 47.8 Å². The first-order valence-electron chi connectivity index (χ1n) is 8.45. The Morgan fingerprint density at radius 2 is 1.93 bits per heavy atom. The van der Waals surface area contributed by atoms with Gasteiger partial charge in [-0.1, -0.05) is 12.1 Å². The molecule has 0 saturated carbocycles. The van der Waals surface area contributed by atoms with Gasteiger partial charge in [-0.3, -0.25) is 9.50 Å². The van der Waals surface area contributed by atoms with Gasteiger partial charge < -0.3 is 4.74 Å². The van der Waals surface area contributed by atoms with Crippen LogP contribution in [0.5, 0.6) is 5.75 Å². The normalized spacial score (nSPS) is 12.7. The van der Waals surface area contributed by atoms with Crippen LogP contribution in [0, 0.1) is 0 Å². The number of pyridine rings is 1. The molecule has 0 atom stereocenters. The first kappa shape index (κ1) is 17.5. The highest BCUT2D eigenvalue weighted by Gasteiger charge is 2.34. The van der Waals surface area contributed by atoms with Crippen LogP contribution in [-0.2, 0) is 9.84 Å². The molecule has 0 unspecified atom stereocenters. The summed E-state index contributed by atoms with van der Waals surface area (Å²) in [6.45, 7) is 5.02. The number of hydrogen-bond acceptors (Lipinski definition) is 5. The average Bonchev–Trinajstić information content (AvgIpc) is 3.24. The lowest BCUT2D eigenvalue weighted by Crippen LogP contribution is -2.28. The van der Waals surface area contributed by atoms with E-state index >= 15 is 0 Å². The Morgan fingerprint density at radius 3 is 2.63 bits per heavy atom. The van der Waals surface area contributed by atoms with E-state index in [1.807, 2.05) is 18.2 Å². The van der Waals surface area contributed by atoms with Gasteiger partial charge in [0.05, 0.1) is 35.5 Å². The molecule has 3 heterocycles. The predicted molar refractivity (Wildman–Crippen MR) is 104 cm³/mol. The van der Waals surface area contributed by atoms with Crippen molar-refractivity contribution in [3.63, 3.8) is 0 Å². The number of hydrogen-bond donors (Lipinski definition) is 1. The van der Waals surface area contributed by atoms with Crippen molar-refractivity contribution in [1.29, 1.82) is 0 Å². The Labute approximate surface area is 156 Å². The molecule has 0 aliphatic rings. The van der Waals surface area contributed by atoms with E-state index in [1.165, 1.54) is 7.11 Å². The van der Waals surface area contributed by atoms with Crippen LogP contribution < -0.4 is 4.74 Å². The summed E-state index contributed by atoms with van der Waals surface area (Å²) >= 11 is 0. The van der Waals surface area contributed by atoms with Gasteiger partial charge in [-0.25, -0.2) is 13.4 Å². The second-order valence-electron chi connectivity index (χ2n) is 7.37. The number of benzene rings is 1. The lowest BCUT2D eigenvalue weighted by Gasteiger charge is -2.21. The van der Waals surface area contributed by atoms with Crippen molar-refractivity contribution in [2.75, 3.05) is 7.11 Å². The van der Waals surface area contributed by atoms with Gasteiger partial charge in [-0.2, -0.15) is 5.10 Å². The lowest BCUT2D eigenvalue weighted by molar-refractivity contribution is 0.401. The average molecular weight is 384 g/mol. The third-order valence-corrected chi connectivity index (χ3v) is 7.13. The van der Waals surface area contributed by atoms with Gasteiger partial charge in [0.25, 0.3) is 0 Å². The summed E-state index contributed by atoms with van der Waals surface area (Å²) in [4.78, 5) is 4.56. The number of imidazole rings is 1. The van der Waals surface area contributed by atoms with E-state index < -0.39 is 14.6 Å². The summed E-state index contributed by atoms with van der Waals surface area (Å²) in [5.41, 5.74) is 3.20. The molecule has 0 aliphatic carbocycles. The molecule has 4 rings (SSSR count). The quantitative estimate of drug-likeness (QED) is 0.584. The van der Waals surface area contributed by atoms with Crippen molar-refractivity contribution >= 4 is 26.4 Å². The summed E-state index contributed by atoms with van der Waals surface area (Å²) in [6, 6.07) is 7.54. The maximum Gasteiger partial charge on any atom is 0.188 e. The summed E-state index contributed by atoms with van der Waals surface area (Å²) in [7, 11) is -2.14. The number of nitrogens with zero attached hydrogens (tertiary/aromatic N) is 3. The molecule has 8 heteroatoms. The van der Waals surface area contributed by atoms with E-state index in [4.69, 9.17) is 4.74 Å². The molecule has 4 aromatic rings. The Bertz CT molecular complexity index is 1260. The number of rotatable bonds is 3.